The van der Waals surface area contributed by atoms with Crippen LogP contribution in [0.4, 0.5) is 0 Å². The maximum absolute atomic E-state index is 9.92. The van der Waals surface area contributed by atoms with Crippen molar-refractivity contribution in [2.45, 2.75) is 45.6 Å². The van der Waals surface area contributed by atoms with Crippen LogP contribution in [0, 0.1) is 5.92 Å². The van der Waals surface area contributed by atoms with E-state index < -0.39 is 0 Å². The minimum Gasteiger partial charge on any atom is -0.388 e. The molecule has 1 heteroatoms. The van der Waals surface area contributed by atoms with Gasteiger partial charge < -0.3 is 5.11 Å². The second kappa shape index (κ2) is 4.36. The third-order valence-electron chi connectivity index (χ3n) is 3.14. The van der Waals surface area contributed by atoms with Crippen LogP contribution in [0.5, 0.6) is 0 Å². The number of benzene rings is 1. The van der Waals surface area contributed by atoms with Crippen molar-refractivity contribution in [3.05, 3.63) is 34.9 Å². The van der Waals surface area contributed by atoms with Crippen molar-refractivity contribution in [2.75, 3.05) is 0 Å². The number of rotatable bonds is 2. The average molecular weight is 204 g/mol. The van der Waals surface area contributed by atoms with Gasteiger partial charge in [0.05, 0.1) is 6.10 Å². The zero-order chi connectivity index (χ0) is 10.8. The van der Waals surface area contributed by atoms with Crippen LogP contribution in [0.2, 0.25) is 0 Å². The maximum atomic E-state index is 9.92. The number of hydrogen-bond donors (Lipinski definition) is 1. The van der Waals surface area contributed by atoms with Gasteiger partial charge in [-0.2, -0.15) is 0 Å². The van der Waals surface area contributed by atoms with Gasteiger partial charge in [0.25, 0.3) is 0 Å². The van der Waals surface area contributed by atoms with Gasteiger partial charge >= 0.3 is 0 Å². The van der Waals surface area contributed by atoms with E-state index in [2.05, 4.69) is 32.0 Å². The Hall–Kier alpha value is -0.820. The first kappa shape index (κ1) is 10.7. The molecular formula is C14H20O. The number of aliphatic hydroxyl groups is 1. The van der Waals surface area contributed by atoms with E-state index in [1.165, 1.54) is 16.7 Å². The lowest BCUT2D eigenvalue weighted by atomic mass is 9.87. The van der Waals surface area contributed by atoms with E-state index in [0.717, 1.165) is 25.7 Å². The lowest BCUT2D eigenvalue weighted by molar-refractivity contribution is 0.156. The minimum atomic E-state index is -0.221. The van der Waals surface area contributed by atoms with Gasteiger partial charge in [-0.05, 0) is 48.3 Å². The molecule has 0 aliphatic heterocycles. The Labute approximate surface area is 92.1 Å². The van der Waals surface area contributed by atoms with Crippen molar-refractivity contribution in [3.63, 3.8) is 0 Å². The largest absolute Gasteiger partial charge is 0.388 e. The van der Waals surface area contributed by atoms with E-state index in [-0.39, 0.29) is 6.10 Å². The van der Waals surface area contributed by atoms with E-state index in [4.69, 9.17) is 0 Å². The Balaban J connectivity index is 2.27. The summed E-state index contributed by atoms with van der Waals surface area (Å²) in [7, 11) is 0. The first-order valence-electron chi connectivity index (χ1n) is 5.96. The molecule has 0 saturated heterocycles. The van der Waals surface area contributed by atoms with Crippen LogP contribution in [0.25, 0.3) is 0 Å². The molecule has 0 aromatic heterocycles. The Bertz CT molecular complexity index is 341. The quantitative estimate of drug-likeness (QED) is 0.784. The highest BCUT2D eigenvalue weighted by Gasteiger charge is 2.17. The van der Waals surface area contributed by atoms with Crippen LogP contribution in [-0.4, -0.2) is 5.11 Å². The van der Waals surface area contributed by atoms with Gasteiger partial charge in [-0.15, -0.1) is 0 Å². The molecule has 0 bridgehead atoms. The predicted molar refractivity (Wildman–Crippen MR) is 62.9 cm³/mol. The van der Waals surface area contributed by atoms with Crippen molar-refractivity contribution >= 4 is 0 Å². The maximum Gasteiger partial charge on any atom is 0.0792 e. The average Bonchev–Trinajstić information content (AvgIpc) is 2.18. The standard InChI is InChI=1S/C14H20O/c1-10(2)8-11-6-7-12-4-3-5-14(15)13(12)9-11/h6-7,9-10,14-15H,3-5,8H2,1-2H3. The van der Waals surface area contributed by atoms with Gasteiger partial charge in [-0.3, -0.25) is 0 Å². The lowest BCUT2D eigenvalue weighted by Crippen LogP contribution is -2.10. The number of fused-ring (bicyclic) bond motifs is 1. The molecule has 1 nitrogen and oxygen atoms in total. The summed E-state index contributed by atoms with van der Waals surface area (Å²) in [4.78, 5) is 0. The molecular weight excluding hydrogens is 184 g/mol. The van der Waals surface area contributed by atoms with Gasteiger partial charge in [0.15, 0.2) is 0 Å². The molecule has 0 saturated carbocycles. The van der Waals surface area contributed by atoms with E-state index >= 15 is 0 Å². The van der Waals surface area contributed by atoms with Gasteiger partial charge in [-0.25, -0.2) is 0 Å². The topological polar surface area (TPSA) is 20.2 Å². The zero-order valence-corrected chi connectivity index (χ0v) is 9.66. The molecule has 82 valence electrons. The van der Waals surface area contributed by atoms with Crippen molar-refractivity contribution in [1.29, 1.82) is 0 Å². The molecule has 0 spiro atoms. The van der Waals surface area contributed by atoms with E-state index in [0.29, 0.717) is 5.92 Å². The van der Waals surface area contributed by atoms with Crippen LogP contribution < -0.4 is 0 Å². The fourth-order valence-corrected chi connectivity index (χ4v) is 2.42. The summed E-state index contributed by atoms with van der Waals surface area (Å²) in [5.41, 5.74) is 3.89. The van der Waals surface area contributed by atoms with Crippen LogP contribution in [0.15, 0.2) is 18.2 Å². The first-order valence-corrected chi connectivity index (χ1v) is 5.96. The Kier molecular flexibility index (Phi) is 3.11. The third kappa shape index (κ3) is 2.40. The number of aryl methyl sites for hydroxylation is 1. The molecule has 0 radical (unpaired) electrons. The minimum absolute atomic E-state index is 0.221. The second-order valence-electron chi connectivity index (χ2n) is 5.04. The Morgan fingerprint density at radius 3 is 2.93 bits per heavy atom. The molecule has 15 heavy (non-hydrogen) atoms. The number of hydrogen-bond acceptors (Lipinski definition) is 1. The third-order valence-corrected chi connectivity index (χ3v) is 3.14. The van der Waals surface area contributed by atoms with Crippen LogP contribution >= 0.6 is 0 Å². The van der Waals surface area contributed by atoms with Crippen molar-refractivity contribution in [2.24, 2.45) is 5.92 Å². The highest BCUT2D eigenvalue weighted by molar-refractivity contribution is 5.35. The molecule has 0 heterocycles. The molecule has 1 N–H and O–H groups in total. The fourth-order valence-electron chi connectivity index (χ4n) is 2.42. The SMILES string of the molecule is CC(C)Cc1ccc2c(c1)C(O)CCC2. The lowest BCUT2D eigenvalue weighted by Gasteiger charge is -2.22. The normalized spacial score (nSPS) is 20.4. The summed E-state index contributed by atoms with van der Waals surface area (Å²) in [6, 6.07) is 6.63. The van der Waals surface area contributed by atoms with Gasteiger partial charge in [0.1, 0.15) is 0 Å². The fraction of sp³-hybridized carbons (Fsp3) is 0.571. The summed E-state index contributed by atoms with van der Waals surface area (Å²) in [6.07, 6.45) is 4.07. The number of aliphatic hydroxyl groups excluding tert-OH is 1. The monoisotopic (exact) mass is 204 g/mol. The molecule has 1 aromatic rings. The summed E-state index contributed by atoms with van der Waals surface area (Å²) in [5, 5.41) is 9.92. The molecule has 0 fully saturated rings. The highest BCUT2D eigenvalue weighted by Crippen LogP contribution is 2.30. The Morgan fingerprint density at radius 2 is 2.20 bits per heavy atom. The molecule has 1 atom stereocenters. The van der Waals surface area contributed by atoms with Crippen LogP contribution in [0.1, 0.15) is 49.5 Å². The smallest absolute Gasteiger partial charge is 0.0792 e. The van der Waals surface area contributed by atoms with Crippen LogP contribution in [0.3, 0.4) is 0 Å². The Morgan fingerprint density at radius 1 is 1.40 bits per heavy atom. The molecule has 1 aliphatic rings. The van der Waals surface area contributed by atoms with E-state index in [1.807, 2.05) is 0 Å². The van der Waals surface area contributed by atoms with Crippen molar-refractivity contribution in [1.82, 2.24) is 0 Å². The predicted octanol–water partition coefficient (Wildman–Crippen LogP) is 3.25. The summed E-state index contributed by atoms with van der Waals surface area (Å²) in [6.45, 7) is 4.46. The first-order chi connectivity index (χ1) is 7.16. The van der Waals surface area contributed by atoms with Crippen LogP contribution in [-0.2, 0) is 12.8 Å². The molecule has 1 aliphatic carbocycles. The van der Waals surface area contributed by atoms with E-state index in [1.54, 1.807) is 0 Å². The van der Waals surface area contributed by atoms with E-state index in [9.17, 15) is 5.11 Å². The van der Waals surface area contributed by atoms with Crippen molar-refractivity contribution < 1.29 is 5.11 Å². The second-order valence-corrected chi connectivity index (χ2v) is 5.04. The van der Waals surface area contributed by atoms with Gasteiger partial charge in [0, 0.05) is 0 Å². The summed E-state index contributed by atoms with van der Waals surface area (Å²) in [5.74, 6) is 0.684. The summed E-state index contributed by atoms with van der Waals surface area (Å²) < 4.78 is 0. The van der Waals surface area contributed by atoms with Crippen molar-refractivity contribution in [3.8, 4) is 0 Å². The molecule has 0 amide bonds. The zero-order valence-electron chi connectivity index (χ0n) is 9.66. The highest BCUT2D eigenvalue weighted by atomic mass is 16.3. The molecule has 1 aromatic carbocycles. The summed E-state index contributed by atoms with van der Waals surface area (Å²) >= 11 is 0. The van der Waals surface area contributed by atoms with Gasteiger partial charge in [0.2, 0.25) is 0 Å². The molecule has 2 rings (SSSR count). The van der Waals surface area contributed by atoms with Gasteiger partial charge in [-0.1, -0.05) is 32.0 Å². The molecule has 1 unspecified atom stereocenters.